The molecule has 3 heteroatoms. The van der Waals surface area contributed by atoms with Crippen LogP contribution in [0.5, 0.6) is 5.75 Å². The Morgan fingerprint density at radius 3 is 2.10 bits per heavy atom. The predicted molar refractivity (Wildman–Crippen MR) is 128 cm³/mol. The van der Waals surface area contributed by atoms with Crippen LogP contribution in [0.4, 0.5) is 0 Å². The minimum Gasteiger partial charge on any atom is -0.493 e. The summed E-state index contributed by atoms with van der Waals surface area (Å²) in [5, 5.41) is 0. The normalized spacial score (nSPS) is 11.3. The van der Waals surface area contributed by atoms with Crippen molar-refractivity contribution in [2.24, 2.45) is 0 Å². The van der Waals surface area contributed by atoms with Gasteiger partial charge in [-0.25, -0.2) is 9.97 Å². The van der Waals surface area contributed by atoms with Gasteiger partial charge in [0.15, 0.2) is 5.82 Å². The number of unbranched alkanes of at least 4 members (excludes halogenated alkanes) is 8. The van der Waals surface area contributed by atoms with E-state index in [1.54, 1.807) is 0 Å². The van der Waals surface area contributed by atoms with Crippen molar-refractivity contribution in [2.75, 3.05) is 6.61 Å². The first-order valence-corrected chi connectivity index (χ1v) is 12.0. The van der Waals surface area contributed by atoms with Crippen molar-refractivity contribution in [1.29, 1.82) is 0 Å². The second-order valence-electron chi connectivity index (χ2n) is 8.06. The minimum absolute atomic E-state index is 0.716. The van der Waals surface area contributed by atoms with Crippen LogP contribution in [0, 0.1) is 0 Å². The molecule has 0 aliphatic carbocycles. The zero-order valence-electron chi connectivity index (χ0n) is 19.1. The molecule has 0 saturated heterocycles. The molecular weight excluding hydrogens is 368 g/mol. The Bertz CT molecular complexity index is 692. The number of aromatic nitrogens is 2. The van der Waals surface area contributed by atoms with E-state index in [0.717, 1.165) is 30.0 Å². The van der Waals surface area contributed by atoms with Crippen molar-refractivity contribution < 1.29 is 4.74 Å². The molecule has 0 aliphatic heterocycles. The maximum absolute atomic E-state index is 5.83. The highest BCUT2D eigenvalue weighted by atomic mass is 16.5. The second-order valence-corrected chi connectivity index (χ2v) is 8.06. The van der Waals surface area contributed by atoms with Crippen LogP contribution in [-0.2, 0) is 6.42 Å². The average molecular weight is 409 g/mol. The summed E-state index contributed by atoms with van der Waals surface area (Å²) in [6.45, 7) is 5.21. The Kier molecular flexibility index (Phi) is 12.6. The van der Waals surface area contributed by atoms with Gasteiger partial charge in [0.2, 0.25) is 0 Å². The molecule has 0 amide bonds. The van der Waals surface area contributed by atoms with E-state index < -0.39 is 0 Å². The van der Waals surface area contributed by atoms with Gasteiger partial charge in [-0.15, -0.1) is 0 Å². The molecule has 0 N–H and O–H groups in total. The maximum Gasteiger partial charge on any atom is 0.159 e. The van der Waals surface area contributed by atoms with Crippen LogP contribution >= 0.6 is 0 Å². The fraction of sp³-hybridized carbons (Fsp3) is 0.556. The van der Waals surface area contributed by atoms with Gasteiger partial charge in [-0.3, -0.25) is 0 Å². The van der Waals surface area contributed by atoms with Crippen LogP contribution in [0.1, 0.15) is 90.0 Å². The van der Waals surface area contributed by atoms with Crippen molar-refractivity contribution in [2.45, 2.75) is 90.9 Å². The first-order valence-electron chi connectivity index (χ1n) is 12.0. The molecule has 1 aromatic heterocycles. The van der Waals surface area contributed by atoms with Crippen LogP contribution < -0.4 is 4.74 Å². The van der Waals surface area contributed by atoms with E-state index in [0.29, 0.717) is 6.61 Å². The lowest BCUT2D eigenvalue weighted by Crippen LogP contribution is -1.96. The van der Waals surface area contributed by atoms with Crippen molar-refractivity contribution in [1.82, 2.24) is 9.97 Å². The van der Waals surface area contributed by atoms with E-state index in [-0.39, 0.29) is 0 Å². The van der Waals surface area contributed by atoms with Crippen LogP contribution in [0.15, 0.2) is 48.8 Å². The Balaban J connectivity index is 1.68. The SMILES string of the molecule is CCCCCC=CCCOc1ccc(-c2ncc(CCCCCCCC)cn2)cc1. The van der Waals surface area contributed by atoms with Crippen LogP contribution in [0.3, 0.4) is 0 Å². The lowest BCUT2D eigenvalue weighted by molar-refractivity contribution is 0.325. The molecular formula is C27H40N2O. The molecule has 30 heavy (non-hydrogen) atoms. The molecule has 1 heterocycles. The van der Waals surface area contributed by atoms with Gasteiger partial charge in [0.25, 0.3) is 0 Å². The summed E-state index contributed by atoms with van der Waals surface area (Å²) in [5.41, 5.74) is 2.27. The van der Waals surface area contributed by atoms with Gasteiger partial charge in [0.1, 0.15) is 5.75 Å². The van der Waals surface area contributed by atoms with E-state index in [4.69, 9.17) is 4.74 Å². The summed E-state index contributed by atoms with van der Waals surface area (Å²) in [7, 11) is 0. The number of benzene rings is 1. The first-order chi connectivity index (χ1) is 14.8. The van der Waals surface area contributed by atoms with E-state index >= 15 is 0 Å². The predicted octanol–water partition coefficient (Wildman–Crippen LogP) is 7.95. The summed E-state index contributed by atoms with van der Waals surface area (Å²) in [4.78, 5) is 9.13. The van der Waals surface area contributed by atoms with E-state index in [2.05, 4.69) is 36.0 Å². The molecule has 2 aromatic rings. The molecule has 0 aliphatic rings. The molecule has 0 atom stereocenters. The number of aryl methyl sites for hydroxylation is 1. The second kappa shape index (κ2) is 15.6. The van der Waals surface area contributed by atoms with E-state index in [1.165, 1.54) is 69.8 Å². The van der Waals surface area contributed by atoms with Gasteiger partial charge in [-0.1, -0.05) is 70.9 Å². The Hall–Kier alpha value is -2.16. The summed E-state index contributed by atoms with van der Waals surface area (Å²) in [6, 6.07) is 8.10. The third kappa shape index (κ3) is 10.0. The first kappa shape index (κ1) is 24.1. The smallest absolute Gasteiger partial charge is 0.159 e. The zero-order chi connectivity index (χ0) is 21.3. The molecule has 0 bridgehead atoms. The van der Waals surface area contributed by atoms with Crippen LogP contribution in [0.25, 0.3) is 11.4 Å². The number of ether oxygens (including phenoxy) is 1. The van der Waals surface area contributed by atoms with Gasteiger partial charge in [0.05, 0.1) is 6.61 Å². The van der Waals surface area contributed by atoms with Gasteiger partial charge in [-0.2, -0.15) is 0 Å². The molecule has 3 nitrogen and oxygen atoms in total. The summed E-state index contributed by atoms with van der Waals surface area (Å²) in [5.74, 6) is 1.68. The molecule has 1 aromatic carbocycles. The number of allylic oxidation sites excluding steroid dienone is 1. The molecule has 0 fully saturated rings. The summed E-state index contributed by atoms with van der Waals surface area (Å²) >= 11 is 0. The Morgan fingerprint density at radius 2 is 1.37 bits per heavy atom. The van der Waals surface area contributed by atoms with Crippen LogP contribution in [0.2, 0.25) is 0 Å². The minimum atomic E-state index is 0.716. The van der Waals surface area contributed by atoms with Gasteiger partial charge < -0.3 is 4.74 Å². The van der Waals surface area contributed by atoms with E-state index in [1.807, 2.05) is 36.7 Å². The fourth-order valence-electron chi connectivity index (χ4n) is 3.44. The van der Waals surface area contributed by atoms with Crippen molar-refractivity contribution in [3.8, 4) is 17.1 Å². The van der Waals surface area contributed by atoms with Crippen molar-refractivity contribution in [3.63, 3.8) is 0 Å². The lowest BCUT2D eigenvalue weighted by Gasteiger charge is -2.06. The van der Waals surface area contributed by atoms with Gasteiger partial charge >= 0.3 is 0 Å². The largest absolute Gasteiger partial charge is 0.493 e. The molecule has 164 valence electrons. The number of rotatable bonds is 16. The highest BCUT2D eigenvalue weighted by Gasteiger charge is 2.03. The van der Waals surface area contributed by atoms with Crippen LogP contribution in [-0.4, -0.2) is 16.6 Å². The topological polar surface area (TPSA) is 35.0 Å². The lowest BCUT2D eigenvalue weighted by atomic mass is 10.1. The molecule has 0 unspecified atom stereocenters. The maximum atomic E-state index is 5.83. The third-order valence-corrected chi connectivity index (χ3v) is 5.33. The highest BCUT2D eigenvalue weighted by molar-refractivity contribution is 5.55. The fourth-order valence-corrected chi connectivity index (χ4v) is 3.44. The quantitative estimate of drug-likeness (QED) is 0.209. The van der Waals surface area contributed by atoms with Crippen molar-refractivity contribution in [3.05, 3.63) is 54.4 Å². The average Bonchev–Trinajstić information content (AvgIpc) is 2.79. The Morgan fingerprint density at radius 1 is 0.733 bits per heavy atom. The number of hydrogen-bond acceptors (Lipinski definition) is 3. The van der Waals surface area contributed by atoms with Gasteiger partial charge in [0, 0.05) is 18.0 Å². The molecule has 0 spiro atoms. The number of nitrogens with zero attached hydrogens (tertiary/aromatic N) is 2. The standard InChI is InChI=1S/C27H40N2O/c1-3-5-7-9-11-13-15-21-30-26-19-17-25(18-20-26)27-28-22-24(23-29-27)16-14-12-10-8-6-4-2/h11,13,17-20,22-23H,3-10,12,14-16,21H2,1-2H3. The third-order valence-electron chi connectivity index (χ3n) is 5.33. The monoisotopic (exact) mass is 408 g/mol. The summed E-state index contributed by atoms with van der Waals surface area (Å²) < 4.78 is 5.83. The highest BCUT2D eigenvalue weighted by Crippen LogP contribution is 2.20. The number of hydrogen-bond donors (Lipinski definition) is 0. The molecule has 0 saturated carbocycles. The van der Waals surface area contributed by atoms with Crippen molar-refractivity contribution >= 4 is 0 Å². The molecule has 0 radical (unpaired) electrons. The van der Waals surface area contributed by atoms with Gasteiger partial charge in [-0.05, 0) is 61.9 Å². The zero-order valence-corrected chi connectivity index (χ0v) is 19.1. The van der Waals surface area contributed by atoms with E-state index in [9.17, 15) is 0 Å². The molecule has 2 rings (SSSR count). The summed E-state index contributed by atoms with van der Waals surface area (Å²) in [6.07, 6.45) is 23.5. The Labute approximate surface area is 184 Å².